The molecule has 5 nitrogen and oxygen atoms in total. The van der Waals surface area contributed by atoms with E-state index in [1.54, 1.807) is 36.4 Å². The van der Waals surface area contributed by atoms with E-state index in [0.717, 1.165) is 0 Å². The van der Waals surface area contributed by atoms with Gasteiger partial charge in [0.15, 0.2) is 0 Å². The number of nitrogens with zero attached hydrogens (tertiary/aromatic N) is 1. The van der Waals surface area contributed by atoms with E-state index in [-0.39, 0.29) is 22.6 Å². The highest BCUT2D eigenvalue weighted by molar-refractivity contribution is 5.98. The Morgan fingerprint density at radius 1 is 1.05 bits per heavy atom. The van der Waals surface area contributed by atoms with E-state index in [1.807, 2.05) is 6.07 Å². The van der Waals surface area contributed by atoms with Crippen LogP contribution in [0.15, 0.2) is 52.9 Å². The van der Waals surface area contributed by atoms with Crippen LogP contribution in [0.2, 0.25) is 0 Å². The molecular weight excluding hydrogens is 246 g/mol. The summed E-state index contributed by atoms with van der Waals surface area (Å²) >= 11 is 0. The van der Waals surface area contributed by atoms with Gasteiger partial charge in [0.25, 0.3) is 0 Å². The van der Waals surface area contributed by atoms with Crippen molar-refractivity contribution in [3.8, 4) is 17.1 Å². The highest BCUT2D eigenvalue weighted by Gasteiger charge is 2.27. The number of nitro groups is 1. The second-order valence-electron chi connectivity index (χ2n) is 4.05. The summed E-state index contributed by atoms with van der Waals surface area (Å²) in [7, 11) is 0. The molecule has 5 heteroatoms. The van der Waals surface area contributed by atoms with Crippen LogP contribution >= 0.6 is 0 Å². The Labute approximate surface area is 107 Å². The van der Waals surface area contributed by atoms with Crippen LogP contribution in [0.5, 0.6) is 5.75 Å². The van der Waals surface area contributed by atoms with Gasteiger partial charge in [0, 0.05) is 5.56 Å². The van der Waals surface area contributed by atoms with Gasteiger partial charge in [0.2, 0.25) is 5.76 Å². The number of hydrogen-bond donors (Lipinski definition) is 1. The zero-order chi connectivity index (χ0) is 13.4. The standard InChI is InChI=1S/C14H9NO4/c16-10-7-4-8-11-12(10)13(15(17)18)14(19-11)9-5-2-1-3-6-9/h1-8,16H. The first-order valence-corrected chi connectivity index (χ1v) is 5.63. The predicted octanol–water partition coefficient (Wildman–Crippen LogP) is 3.71. The molecule has 0 radical (unpaired) electrons. The Morgan fingerprint density at radius 3 is 2.47 bits per heavy atom. The summed E-state index contributed by atoms with van der Waals surface area (Å²) in [5.74, 6) is -0.00256. The lowest BCUT2D eigenvalue weighted by Gasteiger charge is -1.96. The second kappa shape index (κ2) is 4.13. The SMILES string of the molecule is O=[N+]([O-])c1c(-c2ccccc2)oc2cccc(O)c12. The molecule has 19 heavy (non-hydrogen) atoms. The average molecular weight is 255 g/mol. The third-order valence-corrected chi connectivity index (χ3v) is 2.89. The van der Waals surface area contributed by atoms with E-state index in [0.29, 0.717) is 11.1 Å². The van der Waals surface area contributed by atoms with Crippen molar-refractivity contribution in [2.24, 2.45) is 0 Å². The molecule has 1 aromatic heterocycles. The van der Waals surface area contributed by atoms with E-state index >= 15 is 0 Å². The van der Waals surface area contributed by atoms with Crippen molar-refractivity contribution >= 4 is 16.7 Å². The fourth-order valence-electron chi connectivity index (χ4n) is 2.07. The minimum atomic E-state index is -0.534. The summed E-state index contributed by atoms with van der Waals surface area (Å²) in [4.78, 5) is 10.7. The molecule has 0 unspecified atom stereocenters. The summed E-state index contributed by atoms with van der Waals surface area (Å²) in [6.45, 7) is 0. The molecule has 1 N–H and O–H groups in total. The normalized spacial score (nSPS) is 10.7. The number of phenolic OH excluding ortho intramolecular Hbond substituents is 1. The molecule has 0 aliphatic heterocycles. The number of furan rings is 1. The molecule has 0 fully saturated rings. The van der Waals surface area contributed by atoms with Crippen molar-refractivity contribution < 1.29 is 14.4 Å². The Balaban J connectivity index is 2.40. The second-order valence-corrected chi connectivity index (χ2v) is 4.05. The molecule has 94 valence electrons. The first-order valence-electron chi connectivity index (χ1n) is 5.63. The first-order chi connectivity index (χ1) is 9.18. The Morgan fingerprint density at radius 2 is 1.79 bits per heavy atom. The summed E-state index contributed by atoms with van der Waals surface area (Å²) in [5.41, 5.74) is 0.689. The lowest BCUT2D eigenvalue weighted by molar-refractivity contribution is -0.382. The van der Waals surface area contributed by atoms with Crippen LogP contribution in [-0.2, 0) is 0 Å². The minimum absolute atomic E-state index is 0.131. The van der Waals surface area contributed by atoms with Crippen LogP contribution in [0.25, 0.3) is 22.3 Å². The van der Waals surface area contributed by atoms with Crippen molar-refractivity contribution in [3.05, 3.63) is 58.6 Å². The van der Waals surface area contributed by atoms with Crippen LogP contribution in [0.1, 0.15) is 0 Å². The summed E-state index contributed by atoms with van der Waals surface area (Å²) in [5, 5.41) is 21.2. The number of phenols is 1. The monoisotopic (exact) mass is 255 g/mol. The lowest BCUT2D eigenvalue weighted by atomic mass is 10.1. The smallest absolute Gasteiger partial charge is 0.326 e. The quantitative estimate of drug-likeness (QED) is 0.559. The molecule has 1 heterocycles. The van der Waals surface area contributed by atoms with Crippen LogP contribution in [-0.4, -0.2) is 10.0 Å². The van der Waals surface area contributed by atoms with E-state index < -0.39 is 4.92 Å². The highest BCUT2D eigenvalue weighted by atomic mass is 16.6. The van der Waals surface area contributed by atoms with Gasteiger partial charge in [-0.15, -0.1) is 0 Å². The molecule has 2 aromatic carbocycles. The average Bonchev–Trinajstić information content (AvgIpc) is 2.81. The van der Waals surface area contributed by atoms with Gasteiger partial charge in [-0.2, -0.15) is 0 Å². The van der Waals surface area contributed by atoms with Gasteiger partial charge in [-0.3, -0.25) is 10.1 Å². The number of fused-ring (bicyclic) bond motifs is 1. The zero-order valence-electron chi connectivity index (χ0n) is 9.74. The largest absolute Gasteiger partial charge is 0.507 e. The van der Waals surface area contributed by atoms with Gasteiger partial charge < -0.3 is 9.52 Å². The fourth-order valence-corrected chi connectivity index (χ4v) is 2.07. The molecule has 0 aliphatic rings. The Kier molecular flexibility index (Phi) is 2.45. The highest BCUT2D eigenvalue weighted by Crippen LogP contribution is 2.43. The van der Waals surface area contributed by atoms with Crippen LogP contribution in [0, 0.1) is 10.1 Å². The molecular formula is C14H9NO4. The maximum atomic E-state index is 11.3. The summed E-state index contributed by atoms with van der Waals surface area (Å²) in [6.07, 6.45) is 0. The maximum Gasteiger partial charge on any atom is 0.326 e. The summed E-state index contributed by atoms with van der Waals surface area (Å²) < 4.78 is 5.53. The Hall–Kier alpha value is -2.82. The van der Waals surface area contributed by atoms with E-state index in [2.05, 4.69) is 0 Å². The zero-order valence-corrected chi connectivity index (χ0v) is 9.74. The molecule has 0 atom stereocenters. The van der Waals surface area contributed by atoms with Gasteiger partial charge in [-0.1, -0.05) is 36.4 Å². The van der Waals surface area contributed by atoms with Gasteiger partial charge in [0.1, 0.15) is 16.7 Å². The van der Waals surface area contributed by atoms with E-state index in [4.69, 9.17) is 4.42 Å². The lowest BCUT2D eigenvalue weighted by Crippen LogP contribution is -1.89. The molecule has 0 amide bonds. The molecule has 0 spiro atoms. The summed E-state index contributed by atoms with van der Waals surface area (Å²) in [6, 6.07) is 13.4. The maximum absolute atomic E-state index is 11.3. The number of aromatic hydroxyl groups is 1. The van der Waals surface area contributed by atoms with Gasteiger partial charge in [0.05, 0.1) is 4.92 Å². The number of hydrogen-bond acceptors (Lipinski definition) is 4. The third kappa shape index (κ3) is 1.72. The molecule has 0 saturated heterocycles. The van der Waals surface area contributed by atoms with E-state index in [1.165, 1.54) is 6.07 Å². The molecule has 0 saturated carbocycles. The molecule has 3 aromatic rings. The molecule has 0 bridgehead atoms. The fraction of sp³-hybridized carbons (Fsp3) is 0. The van der Waals surface area contributed by atoms with Crippen LogP contribution in [0.4, 0.5) is 5.69 Å². The van der Waals surface area contributed by atoms with Gasteiger partial charge >= 0.3 is 5.69 Å². The van der Waals surface area contributed by atoms with Crippen molar-refractivity contribution in [1.29, 1.82) is 0 Å². The number of rotatable bonds is 2. The first kappa shape index (κ1) is 11.3. The van der Waals surface area contributed by atoms with Crippen molar-refractivity contribution in [2.75, 3.05) is 0 Å². The minimum Gasteiger partial charge on any atom is -0.507 e. The van der Waals surface area contributed by atoms with Gasteiger partial charge in [-0.25, -0.2) is 0 Å². The van der Waals surface area contributed by atoms with Crippen molar-refractivity contribution in [2.45, 2.75) is 0 Å². The molecule has 3 rings (SSSR count). The Bertz CT molecular complexity index is 762. The van der Waals surface area contributed by atoms with Crippen molar-refractivity contribution in [3.63, 3.8) is 0 Å². The van der Waals surface area contributed by atoms with Crippen molar-refractivity contribution in [1.82, 2.24) is 0 Å². The third-order valence-electron chi connectivity index (χ3n) is 2.89. The van der Waals surface area contributed by atoms with Gasteiger partial charge in [-0.05, 0) is 12.1 Å². The van der Waals surface area contributed by atoms with Crippen LogP contribution < -0.4 is 0 Å². The molecule has 0 aliphatic carbocycles. The van der Waals surface area contributed by atoms with Crippen LogP contribution in [0.3, 0.4) is 0 Å². The number of benzene rings is 2. The predicted molar refractivity (Wildman–Crippen MR) is 70.0 cm³/mol. The van der Waals surface area contributed by atoms with E-state index in [9.17, 15) is 15.2 Å². The topological polar surface area (TPSA) is 76.5 Å².